The third kappa shape index (κ3) is 3.31. The van der Waals surface area contributed by atoms with E-state index < -0.39 is 0 Å². The molecule has 0 amide bonds. The number of hydrogen-bond donors (Lipinski definition) is 1. The number of rotatable bonds is 5. The predicted octanol–water partition coefficient (Wildman–Crippen LogP) is 4.64. The second-order valence-corrected chi connectivity index (χ2v) is 6.49. The fourth-order valence-electron chi connectivity index (χ4n) is 2.12. The highest BCUT2D eigenvalue weighted by Gasteiger charge is 2.16. The third-order valence-corrected chi connectivity index (χ3v) is 5.25. The van der Waals surface area contributed by atoms with Gasteiger partial charge in [0.1, 0.15) is 16.4 Å². The Hall–Kier alpha value is -1.30. The van der Waals surface area contributed by atoms with Gasteiger partial charge in [-0.3, -0.25) is 0 Å². The minimum Gasteiger partial charge on any atom is -0.459 e. The average molecular weight is 363 g/mol. The molecule has 3 rings (SSSR count). The van der Waals surface area contributed by atoms with Gasteiger partial charge in [-0.1, -0.05) is 18.2 Å². The van der Waals surface area contributed by atoms with Crippen LogP contribution in [0.5, 0.6) is 0 Å². The molecule has 2 aromatic heterocycles. The van der Waals surface area contributed by atoms with E-state index in [1.165, 1.54) is 0 Å². The summed E-state index contributed by atoms with van der Waals surface area (Å²) in [5.41, 5.74) is 0.928. The first-order valence-electron chi connectivity index (χ1n) is 6.67. The Bertz CT molecular complexity index is 711. The molecule has 21 heavy (non-hydrogen) atoms. The molecule has 1 aromatic carbocycles. The Kier molecular flexibility index (Phi) is 4.63. The van der Waals surface area contributed by atoms with E-state index in [-0.39, 0.29) is 6.04 Å². The average Bonchev–Trinajstić information content (AvgIpc) is 2.93. The number of fused-ring (bicyclic) bond motifs is 1. The van der Waals surface area contributed by atoms with Crippen LogP contribution in [0.3, 0.4) is 0 Å². The summed E-state index contributed by atoms with van der Waals surface area (Å²) in [5.74, 6) is 1.81. The van der Waals surface area contributed by atoms with Crippen LogP contribution in [-0.4, -0.2) is 17.8 Å². The molecule has 1 unspecified atom stereocenters. The monoisotopic (exact) mass is 362 g/mol. The van der Waals surface area contributed by atoms with Crippen molar-refractivity contribution in [2.24, 2.45) is 0 Å². The molecule has 5 heteroatoms. The molecule has 0 aliphatic carbocycles. The van der Waals surface area contributed by atoms with Crippen LogP contribution in [0.4, 0.5) is 0 Å². The maximum Gasteiger partial charge on any atom is 0.134 e. The Morgan fingerprint density at radius 1 is 1.29 bits per heavy atom. The lowest BCUT2D eigenvalue weighted by atomic mass is 10.2. The van der Waals surface area contributed by atoms with Gasteiger partial charge < -0.3 is 9.73 Å². The highest BCUT2D eigenvalue weighted by molar-refractivity contribution is 9.10. The quantitative estimate of drug-likeness (QED) is 0.670. The zero-order valence-electron chi connectivity index (χ0n) is 11.5. The van der Waals surface area contributed by atoms with E-state index in [0.717, 1.165) is 32.0 Å². The van der Waals surface area contributed by atoms with Gasteiger partial charge in [0.25, 0.3) is 0 Å². The van der Waals surface area contributed by atoms with Crippen LogP contribution in [0.2, 0.25) is 0 Å². The summed E-state index contributed by atoms with van der Waals surface area (Å²) in [6.07, 6.45) is 1.81. The van der Waals surface area contributed by atoms with Crippen molar-refractivity contribution in [3.05, 3.63) is 58.9 Å². The summed E-state index contributed by atoms with van der Waals surface area (Å²) in [6, 6.07) is 14.3. The molecule has 2 heterocycles. The SMILES string of the molecule is CNC(CSc1ncccc1Br)c1cc2ccccc2o1. The van der Waals surface area contributed by atoms with E-state index >= 15 is 0 Å². The zero-order valence-corrected chi connectivity index (χ0v) is 13.9. The van der Waals surface area contributed by atoms with Crippen molar-refractivity contribution in [1.29, 1.82) is 0 Å². The summed E-state index contributed by atoms with van der Waals surface area (Å²) in [4.78, 5) is 4.38. The van der Waals surface area contributed by atoms with E-state index in [4.69, 9.17) is 4.42 Å². The van der Waals surface area contributed by atoms with Crippen LogP contribution >= 0.6 is 27.7 Å². The Labute approximate surface area is 136 Å². The lowest BCUT2D eigenvalue weighted by Gasteiger charge is -2.13. The Morgan fingerprint density at radius 2 is 2.14 bits per heavy atom. The second-order valence-electron chi connectivity index (χ2n) is 4.63. The number of nitrogens with zero attached hydrogens (tertiary/aromatic N) is 1. The molecule has 0 radical (unpaired) electrons. The number of furan rings is 1. The van der Waals surface area contributed by atoms with Gasteiger partial charge in [-0.25, -0.2) is 4.98 Å². The van der Waals surface area contributed by atoms with Crippen molar-refractivity contribution < 1.29 is 4.42 Å². The molecule has 108 valence electrons. The number of hydrogen-bond acceptors (Lipinski definition) is 4. The van der Waals surface area contributed by atoms with Gasteiger partial charge in [-0.2, -0.15) is 0 Å². The number of halogens is 1. The normalized spacial score (nSPS) is 12.7. The standard InChI is InChI=1S/C16H15BrN2OS/c1-18-13(10-21-16-12(17)6-4-8-19-16)15-9-11-5-2-3-7-14(11)20-15/h2-9,13,18H,10H2,1H3. The molecule has 3 aromatic rings. The Balaban J connectivity index is 1.77. The molecular weight excluding hydrogens is 348 g/mol. The molecule has 0 fully saturated rings. The molecule has 3 nitrogen and oxygen atoms in total. The first-order valence-corrected chi connectivity index (χ1v) is 8.45. The van der Waals surface area contributed by atoms with Crippen molar-refractivity contribution in [2.45, 2.75) is 11.1 Å². The van der Waals surface area contributed by atoms with Crippen LogP contribution < -0.4 is 5.32 Å². The lowest BCUT2D eigenvalue weighted by Crippen LogP contribution is -2.18. The van der Waals surface area contributed by atoms with Crippen LogP contribution in [0, 0.1) is 0 Å². The van der Waals surface area contributed by atoms with E-state index in [9.17, 15) is 0 Å². The Morgan fingerprint density at radius 3 is 2.90 bits per heavy atom. The summed E-state index contributed by atoms with van der Waals surface area (Å²) in [6.45, 7) is 0. The van der Waals surface area contributed by atoms with Gasteiger partial charge in [0.2, 0.25) is 0 Å². The minimum absolute atomic E-state index is 0.149. The van der Waals surface area contributed by atoms with Crippen LogP contribution in [0.15, 0.2) is 62.6 Å². The van der Waals surface area contributed by atoms with Gasteiger partial charge >= 0.3 is 0 Å². The van der Waals surface area contributed by atoms with Crippen molar-refractivity contribution >= 4 is 38.7 Å². The molecule has 0 aliphatic heterocycles. The fraction of sp³-hybridized carbons (Fsp3) is 0.188. The second kappa shape index (κ2) is 6.64. The number of aromatic nitrogens is 1. The van der Waals surface area contributed by atoms with Gasteiger partial charge in [0, 0.05) is 21.8 Å². The number of benzene rings is 1. The van der Waals surface area contributed by atoms with Crippen LogP contribution in [0.1, 0.15) is 11.8 Å². The summed E-state index contributed by atoms with van der Waals surface area (Å²) in [5, 5.41) is 5.44. The van der Waals surface area contributed by atoms with E-state index in [0.29, 0.717) is 0 Å². The smallest absolute Gasteiger partial charge is 0.134 e. The van der Waals surface area contributed by atoms with Crippen LogP contribution in [0.25, 0.3) is 11.0 Å². The van der Waals surface area contributed by atoms with Gasteiger partial charge in [0.15, 0.2) is 0 Å². The molecule has 1 atom stereocenters. The first kappa shape index (κ1) is 14.6. The van der Waals surface area contributed by atoms with Crippen molar-refractivity contribution in [1.82, 2.24) is 10.3 Å². The molecule has 0 saturated carbocycles. The number of para-hydroxylation sites is 1. The first-order chi connectivity index (χ1) is 10.3. The van der Waals surface area contributed by atoms with Crippen molar-refractivity contribution in [3.8, 4) is 0 Å². The van der Waals surface area contributed by atoms with E-state index in [1.807, 2.05) is 43.6 Å². The van der Waals surface area contributed by atoms with Crippen molar-refractivity contribution in [3.63, 3.8) is 0 Å². The highest BCUT2D eigenvalue weighted by atomic mass is 79.9. The molecule has 0 aliphatic rings. The zero-order chi connectivity index (χ0) is 14.7. The molecule has 0 spiro atoms. The maximum absolute atomic E-state index is 5.93. The van der Waals surface area contributed by atoms with Gasteiger partial charge in [-0.05, 0) is 47.2 Å². The topological polar surface area (TPSA) is 38.1 Å². The summed E-state index contributed by atoms with van der Waals surface area (Å²) in [7, 11) is 1.95. The number of thioether (sulfide) groups is 1. The van der Waals surface area contributed by atoms with Crippen LogP contribution in [-0.2, 0) is 0 Å². The minimum atomic E-state index is 0.149. The largest absolute Gasteiger partial charge is 0.459 e. The molecular formula is C16H15BrN2OS. The maximum atomic E-state index is 5.93. The third-order valence-electron chi connectivity index (χ3n) is 3.25. The number of nitrogens with one attached hydrogen (secondary N) is 1. The lowest BCUT2D eigenvalue weighted by molar-refractivity contribution is 0.479. The number of pyridine rings is 1. The van der Waals surface area contributed by atoms with E-state index in [1.54, 1.807) is 11.8 Å². The fourth-order valence-corrected chi connectivity index (χ4v) is 3.72. The van der Waals surface area contributed by atoms with E-state index in [2.05, 4.69) is 38.4 Å². The molecule has 1 N–H and O–H groups in total. The van der Waals surface area contributed by atoms with Gasteiger partial charge in [-0.15, -0.1) is 11.8 Å². The van der Waals surface area contributed by atoms with Crippen molar-refractivity contribution in [2.75, 3.05) is 12.8 Å². The summed E-state index contributed by atoms with van der Waals surface area (Å²) >= 11 is 5.23. The summed E-state index contributed by atoms with van der Waals surface area (Å²) < 4.78 is 6.95. The van der Waals surface area contributed by atoms with Gasteiger partial charge in [0.05, 0.1) is 6.04 Å². The molecule has 0 saturated heterocycles. The molecule has 0 bridgehead atoms. The highest BCUT2D eigenvalue weighted by Crippen LogP contribution is 2.30. The predicted molar refractivity (Wildman–Crippen MR) is 90.7 cm³/mol.